The van der Waals surface area contributed by atoms with Gasteiger partial charge in [0.1, 0.15) is 0 Å². The molecule has 2 rings (SSSR count). The van der Waals surface area contributed by atoms with Crippen LogP contribution < -0.4 is 0 Å². The van der Waals surface area contributed by atoms with Crippen molar-refractivity contribution in [2.45, 2.75) is 50.0 Å². The maximum atomic E-state index is 9.66. The van der Waals surface area contributed by atoms with Gasteiger partial charge in [-0.3, -0.25) is 0 Å². The number of hydrogen-bond acceptors (Lipinski definition) is 2. The first-order chi connectivity index (χ1) is 9.63. The molecule has 1 aliphatic rings. The normalized spacial score (nSPS) is 28.3. The Morgan fingerprint density at radius 3 is 2.80 bits per heavy atom. The summed E-state index contributed by atoms with van der Waals surface area (Å²) in [6.07, 6.45) is 3.91. The molecule has 0 saturated heterocycles. The highest BCUT2D eigenvalue weighted by atomic mass is 79.9. The van der Waals surface area contributed by atoms with Crippen LogP contribution in [-0.4, -0.2) is 29.3 Å². The Hall–Kier alpha value is -0.380. The molecule has 1 fully saturated rings. The highest BCUT2D eigenvalue weighted by molar-refractivity contribution is 9.09. The number of rotatable bonds is 5. The third-order valence-corrected chi connectivity index (χ3v) is 5.78. The molecule has 1 aliphatic carbocycles. The molecule has 1 aromatic rings. The van der Waals surface area contributed by atoms with E-state index in [4.69, 9.17) is 4.74 Å². The average molecular weight is 341 g/mol. The fourth-order valence-electron chi connectivity index (χ4n) is 3.03. The predicted octanol–water partition coefficient (Wildman–Crippen LogP) is 4.04. The van der Waals surface area contributed by atoms with E-state index in [9.17, 15) is 5.11 Å². The van der Waals surface area contributed by atoms with Crippen molar-refractivity contribution in [1.29, 1.82) is 0 Å². The lowest BCUT2D eigenvalue weighted by molar-refractivity contribution is -0.0146. The Labute approximate surface area is 130 Å². The van der Waals surface area contributed by atoms with Gasteiger partial charge in [-0.05, 0) is 43.2 Å². The van der Waals surface area contributed by atoms with Gasteiger partial charge in [0.15, 0.2) is 0 Å². The van der Waals surface area contributed by atoms with Crippen LogP contribution in [0.5, 0.6) is 0 Å². The lowest BCUT2D eigenvalue weighted by Gasteiger charge is -2.33. The molecule has 0 heterocycles. The number of aliphatic hydroxyl groups is 1. The maximum Gasteiger partial charge on any atom is 0.0611 e. The van der Waals surface area contributed by atoms with Crippen LogP contribution in [0.25, 0.3) is 0 Å². The Balaban J connectivity index is 1.96. The molecule has 4 unspecified atom stereocenters. The first kappa shape index (κ1) is 16.0. The first-order valence-corrected chi connectivity index (χ1v) is 8.47. The summed E-state index contributed by atoms with van der Waals surface area (Å²) in [5.74, 6) is 0.624. The lowest BCUT2D eigenvalue weighted by Crippen LogP contribution is -2.34. The quantitative estimate of drug-likeness (QED) is 0.819. The average Bonchev–Trinajstić information content (AvgIpc) is 2.45. The van der Waals surface area contributed by atoms with E-state index in [1.54, 1.807) is 0 Å². The topological polar surface area (TPSA) is 29.5 Å². The summed E-state index contributed by atoms with van der Waals surface area (Å²) in [4.78, 5) is 0.562. The molecule has 0 spiro atoms. The minimum Gasteiger partial charge on any atom is -0.396 e. The van der Waals surface area contributed by atoms with Crippen LogP contribution in [0.3, 0.4) is 0 Å². The van der Waals surface area contributed by atoms with Crippen molar-refractivity contribution < 1.29 is 9.84 Å². The maximum absolute atomic E-state index is 9.66. The molecule has 3 heteroatoms. The molecule has 1 saturated carbocycles. The molecule has 0 aliphatic heterocycles. The van der Waals surface area contributed by atoms with Gasteiger partial charge < -0.3 is 9.84 Å². The Morgan fingerprint density at radius 1 is 1.35 bits per heavy atom. The summed E-state index contributed by atoms with van der Waals surface area (Å²) in [6, 6.07) is 8.25. The van der Waals surface area contributed by atoms with Crippen molar-refractivity contribution in [2.24, 2.45) is 5.92 Å². The molecule has 0 aromatic heterocycles. The summed E-state index contributed by atoms with van der Waals surface area (Å²) in [5, 5.41) is 9.66. The minimum absolute atomic E-state index is 0.0825. The van der Waals surface area contributed by atoms with Crippen molar-refractivity contribution in [3.05, 3.63) is 35.4 Å². The summed E-state index contributed by atoms with van der Waals surface area (Å²) >= 11 is 3.75. The van der Waals surface area contributed by atoms with Crippen LogP contribution >= 0.6 is 15.9 Å². The Morgan fingerprint density at radius 2 is 2.10 bits per heavy atom. The van der Waals surface area contributed by atoms with Crippen LogP contribution in [0.4, 0.5) is 0 Å². The number of halogens is 1. The minimum atomic E-state index is 0.0825. The van der Waals surface area contributed by atoms with Crippen molar-refractivity contribution in [3.8, 4) is 0 Å². The lowest BCUT2D eigenvalue weighted by atomic mass is 9.87. The highest BCUT2D eigenvalue weighted by Crippen LogP contribution is 2.32. The van der Waals surface area contributed by atoms with E-state index in [0.29, 0.717) is 23.5 Å². The van der Waals surface area contributed by atoms with Crippen molar-refractivity contribution >= 4 is 15.9 Å². The van der Waals surface area contributed by atoms with Crippen molar-refractivity contribution in [2.75, 3.05) is 13.2 Å². The molecule has 1 N–H and O–H groups in total. The molecule has 0 amide bonds. The third kappa shape index (κ3) is 3.84. The largest absolute Gasteiger partial charge is 0.396 e. The Kier molecular flexibility index (Phi) is 6.06. The van der Waals surface area contributed by atoms with Crippen LogP contribution in [0, 0.1) is 12.8 Å². The Bertz CT molecular complexity index is 421. The van der Waals surface area contributed by atoms with Gasteiger partial charge in [-0.2, -0.15) is 0 Å². The van der Waals surface area contributed by atoms with Crippen LogP contribution in [0.1, 0.15) is 43.2 Å². The zero-order valence-corrected chi connectivity index (χ0v) is 14.0. The third-order valence-electron chi connectivity index (χ3n) is 4.49. The van der Waals surface area contributed by atoms with E-state index < -0.39 is 0 Å². The number of hydrogen-bond donors (Lipinski definition) is 1. The number of ether oxygens (including phenoxy) is 1. The van der Waals surface area contributed by atoms with E-state index in [2.05, 4.69) is 41.9 Å². The molecular weight excluding hydrogens is 316 g/mol. The van der Waals surface area contributed by atoms with Gasteiger partial charge in [0, 0.05) is 10.7 Å². The smallest absolute Gasteiger partial charge is 0.0611 e. The SMILES string of the molecule is Cc1ccccc1C(CO)COC1CCCC(Br)C1C. The molecule has 0 bridgehead atoms. The number of aryl methyl sites for hydroxylation is 1. The monoisotopic (exact) mass is 340 g/mol. The van der Waals surface area contributed by atoms with E-state index in [1.807, 2.05) is 12.1 Å². The summed E-state index contributed by atoms with van der Waals surface area (Å²) in [6.45, 7) is 5.10. The van der Waals surface area contributed by atoms with Gasteiger partial charge >= 0.3 is 0 Å². The zero-order chi connectivity index (χ0) is 14.5. The fraction of sp³-hybridized carbons (Fsp3) is 0.647. The molecule has 2 nitrogen and oxygen atoms in total. The molecule has 4 atom stereocenters. The van der Waals surface area contributed by atoms with Crippen molar-refractivity contribution in [3.63, 3.8) is 0 Å². The second-order valence-corrected chi connectivity index (χ2v) is 7.09. The number of aliphatic hydroxyl groups excluding tert-OH is 1. The van der Waals surface area contributed by atoms with E-state index in [1.165, 1.54) is 24.0 Å². The van der Waals surface area contributed by atoms with Gasteiger partial charge in [0.2, 0.25) is 0 Å². The molecule has 112 valence electrons. The molecule has 0 radical (unpaired) electrons. The van der Waals surface area contributed by atoms with E-state index in [0.717, 1.165) is 6.42 Å². The predicted molar refractivity (Wildman–Crippen MR) is 86.5 cm³/mol. The summed E-state index contributed by atoms with van der Waals surface area (Å²) < 4.78 is 6.14. The highest BCUT2D eigenvalue weighted by Gasteiger charge is 2.29. The second kappa shape index (κ2) is 7.58. The summed E-state index contributed by atoms with van der Waals surface area (Å²) in [7, 11) is 0. The van der Waals surface area contributed by atoms with Gasteiger partial charge in [0.05, 0.1) is 19.3 Å². The van der Waals surface area contributed by atoms with Crippen LogP contribution in [0.2, 0.25) is 0 Å². The van der Waals surface area contributed by atoms with Crippen molar-refractivity contribution in [1.82, 2.24) is 0 Å². The standard InChI is InChI=1S/C17H25BrO2/c1-12-6-3-4-7-15(12)14(10-19)11-20-17-9-5-8-16(18)13(17)2/h3-4,6-7,13-14,16-17,19H,5,8-11H2,1-2H3. The first-order valence-electron chi connectivity index (χ1n) is 7.55. The number of benzene rings is 1. The summed E-state index contributed by atoms with van der Waals surface area (Å²) in [5.41, 5.74) is 2.43. The second-order valence-electron chi connectivity index (χ2n) is 5.91. The van der Waals surface area contributed by atoms with Gasteiger partial charge in [-0.15, -0.1) is 0 Å². The molecule has 1 aromatic carbocycles. The zero-order valence-electron chi connectivity index (χ0n) is 12.4. The number of alkyl halides is 1. The molecular formula is C17H25BrO2. The van der Waals surface area contributed by atoms with E-state index >= 15 is 0 Å². The van der Waals surface area contributed by atoms with Gasteiger partial charge in [-0.25, -0.2) is 0 Å². The van der Waals surface area contributed by atoms with Crippen LogP contribution in [-0.2, 0) is 4.74 Å². The van der Waals surface area contributed by atoms with Gasteiger partial charge in [0.25, 0.3) is 0 Å². The molecule has 20 heavy (non-hydrogen) atoms. The van der Waals surface area contributed by atoms with Crippen LogP contribution in [0.15, 0.2) is 24.3 Å². The van der Waals surface area contributed by atoms with E-state index in [-0.39, 0.29) is 12.5 Å². The van der Waals surface area contributed by atoms with Gasteiger partial charge in [-0.1, -0.05) is 47.1 Å². The fourth-order valence-corrected chi connectivity index (χ4v) is 3.70.